The number of amides is 2. The van der Waals surface area contributed by atoms with E-state index >= 15 is 0 Å². The normalized spacial score (nSPS) is 14.4. The molecule has 2 aromatic rings. The summed E-state index contributed by atoms with van der Waals surface area (Å²) in [6.07, 6.45) is 0.653. The molecule has 0 saturated carbocycles. The molecule has 28 heavy (non-hydrogen) atoms. The fourth-order valence-electron chi connectivity index (χ4n) is 2.99. The lowest BCUT2D eigenvalue weighted by Crippen LogP contribution is -2.34. The number of imide groups is 1. The Hall–Kier alpha value is -2.99. The van der Waals surface area contributed by atoms with Crippen molar-refractivity contribution >= 4 is 23.1 Å². The van der Waals surface area contributed by atoms with Crippen LogP contribution >= 0.6 is 0 Å². The summed E-state index contributed by atoms with van der Waals surface area (Å²) in [7, 11) is 0. The molecule has 0 aromatic heterocycles. The van der Waals surface area contributed by atoms with Gasteiger partial charge in [0, 0.05) is 18.8 Å². The van der Waals surface area contributed by atoms with Crippen LogP contribution in [0, 0.1) is 5.82 Å². The van der Waals surface area contributed by atoms with Gasteiger partial charge in [-0.25, -0.2) is 4.39 Å². The molecular weight excluding hydrogens is 359 g/mol. The van der Waals surface area contributed by atoms with E-state index in [-0.39, 0.29) is 30.1 Å². The third kappa shape index (κ3) is 4.46. The third-order valence-corrected chi connectivity index (χ3v) is 4.32. The predicted octanol–water partition coefficient (Wildman–Crippen LogP) is 3.83. The van der Waals surface area contributed by atoms with Crippen molar-refractivity contribution in [3.05, 3.63) is 71.7 Å². The molecule has 1 aliphatic rings. The Kier molecular flexibility index (Phi) is 6.21. The van der Waals surface area contributed by atoms with Crippen molar-refractivity contribution in [2.45, 2.75) is 26.4 Å². The first-order valence-electron chi connectivity index (χ1n) is 9.27. The van der Waals surface area contributed by atoms with Gasteiger partial charge in [-0.3, -0.25) is 14.5 Å². The first-order chi connectivity index (χ1) is 13.5. The summed E-state index contributed by atoms with van der Waals surface area (Å²) in [6, 6.07) is 14.7. The molecule has 5 nitrogen and oxygen atoms in total. The Bertz CT molecular complexity index is 876. The van der Waals surface area contributed by atoms with Crippen LogP contribution in [0.15, 0.2) is 60.3 Å². The lowest BCUT2D eigenvalue weighted by Gasteiger charge is -2.16. The highest BCUT2D eigenvalue weighted by Gasteiger charge is 2.38. The minimum Gasteiger partial charge on any atom is -0.379 e. The summed E-state index contributed by atoms with van der Waals surface area (Å²) in [5, 5.41) is 3.01. The molecule has 0 atom stereocenters. The first kappa shape index (κ1) is 19.8. The minimum absolute atomic E-state index is 0.0960. The smallest absolute Gasteiger partial charge is 0.278 e. The number of nitrogens with one attached hydrogen (secondary N) is 1. The standard InChI is InChI=1S/C22H23FN2O3/c1-15(2)28-14-6-13-25-21(26)19(16-7-4-3-5-8-16)20(22(25)27)24-18-11-9-17(23)10-12-18/h3-5,7-12,15,24H,6,13-14H2,1-2H3. The van der Waals surface area contributed by atoms with Crippen LogP contribution in [0.3, 0.4) is 0 Å². The number of benzene rings is 2. The fraction of sp³-hybridized carbons (Fsp3) is 0.273. The number of rotatable bonds is 8. The highest BCUT2D eigenvalue weighted by Crippen LogP contribution is 2.30. The quantitative estimate of drug-likeness (QED) is 0.557. The molecule has 1 heterocycles. The van der Waals surface area contributed by atoms with Gasteiger partial charge in [-0.1, -0.05) is 30.3 Å². The van der Waals surface area contributed by atoms with Crippen LogP contribution in [-0.4, -0.2) is 36.0 Å². The maximum atomic E-state index is 13.2. The number of carbonyl (C=O) groups excluding carboxylic acids is 2. The molecule has 2 aromatic carbocycles. The molecule has 0 spiro atoms. The van der Waals surface area contributed by atoms with Gasteiger partial charge in [-0.2, -0.15) is 0 Å². The number of ether oxygens (including phenoxy) is 1. The number of hydrogen-bond acceptors (Lipinski definition) is 4. The van der Waals surface area contributed by atoms with Gasteiger partial charge in [0.05, 0.1) is 11.7 Å². The summed E-state index contributed by atoms with van der Waals surface area (Å²) in [5.74, 6) is -1.11. The SMILES string of the molecule is CC(C)OCCCN1C(=O)C(Nc2ccc(F)cc2)=C(c2ccccc2)C1=O. The Morgan fingerprint density at radius 1 is 1.00 bits per heavy atom. The Morgan fingerprint density at radius 2 is 1.68 bits per heavy atom. The van der Waals surface area contributed by atoms with Gasteiger partial charge in [0.15, 0.2) is 0 Å². The first-order valence-corrected chi connectivity index (χ1v) is 9.27. The van der Waals surface area contributed by atoms with Gasteiger partial charge in [0.2, 0.25) is 0 Å². The van der Waals surface area contributed by atoms with Crippen LogP contribution in [0.4, 0.5) is 10.1 Å². The van der Waals surface area contributed by atoms with Crippen LogP contribution in [0.5, 0.6) is 0 Å². The average Bonchev–Trinajstić information content (AvgIpc) is 2.91. The lowest BCUT2D eigenvalue weighted by atomic mass is 10.0. The molecular formula is C22H23FN2O3. The molecule has 1 aliphatic heterocycles. The van der Waals surface area contributed by atoms with E-state index in [0.717, 1.165) is 0 Å². The molecule has 0 unspecified atom stereocenters. The molecule has 2 amide bonds. The van der Waals surface area contributed by atoms with Crippen molar-refractivity contribution in [1.82, 2.24) is 4.90 Å². The average molecular weight is 382 g/mol. The van der Waals surface area contributed by atoms with Crippen molar-refractivity contribution in [2.75, 3.05) is 18.5 Å². The molecule has 0 aliphatic carbocycles. The van der Waals surface area contributed by atoms with E-state index < -0.39 is 5.91 Å². The molecule has 6 heteroatoms. The number of halogens is 1. The zero-order valence-corrected chi connectivity index (χ0v) is 15.9. The highest BCUT2D eigenvalue weighted by atomic mass is 19.1. The van der Waals surface area contributed by atoms with Crippen LogP contribution in [0.25, 0.3) is 5.57 Å². The molecule has 0 bridgehead atoms. The second kappa shape index (κ2) is 8.80. The number of hydrogen-bond donors (Lipinski definition) is 1. The topological polar surface area (TPSA) is 58.6 Å². The largest absolute Gasteiger partial charge is 0.379 e. The highest BCUT2D eigenvalue weighted by molar-refractivity contribution is 6.36. The van der Waals surface area contributed by atoms with Crippen LogP contribution in [0.2, 0.25) is 0 Å². The number of anilines is 1. The molecule has 3 rings (SSSR count). The summed E-state index contributed by atoms with van der Waals surface area (Å²) >= 11 is 0. The van der Waals surface area contributed by atoms with E-state index in [2.05, 4.69) is 5.32 Å². The van der Waals surface area contributed by atoms with E-state index in [4.69, 9.17) is 4.74 Å². The number of nitrogens with zero attached hydrogens (tertiary/aromatic N) is 1. The maximum absolute atomic E-state index is 13.2. The van der Waals surface area contributed by atoms with Crippen molar-refractivity contribution in [1.29, 1.82) is 0 Å². The van der Waals surface area contributed by atoms with Crippen LogP contribution < -0.4 is 5.32 Å². The minimum atomic E-state index is -0.391. The zero-order chi connectivity index (χ0) is 20.1. The lowest BCUT2D eigenvalue weighted by molar-refractivity contribution is -0.137. The zero-order valence-electron chi connectivity index (χ0n) is 15.9. The molecule has 0 fully saturated rings. The second-order valence-electron chi connectivity index (χ2n) is 6.78. The van der Waals surface area contributed by atoms with Gasteiger partial charge >= 0.3 is 0 Å². The van der Waals surface area contributed by atoms with E-state index in [9.17, 15) is 14.0 Å². The van der Waals surface area contributed by atoms with E-state index in [1.165, 1.54) is 29.2 Å². The van der Waals surface area contributed by atoms with E-state index in [0.29, 0.717) is 29.9 Å². The van der Waals surface area contributed by atoms with E-state index in [1.54, 1.807) is 12.1 Å². The molecule has 0 radical (unpaired) electrons. The van der Waals surface area contributed by atoms with Crippen molar-refractivity contribution in [3.63, 3.8) is 0 Å². The predicted molar refractivity (Wildman–Crippen MR) is 106 cm³/mol. The summed E-state index contributed by atoms with van der Waals surface area (Å²) < 4.78 is 18.7. The molecule has 0 saturated heterocycles. The Labute approximate surface area is 163 Å². The van der Waals surface area contributed by atoms with Gasteiger partial charge in [0.1, 0.15) is 11.5 Å². The van der Waals surface area contributed by atoms with E-state index in [1.807, 2.05) is 32.0 Å². The van der Waals surface area contributed by atoms with Crippen LogP contribution in [-0.2, 0) is 14.3 Å². The molecule has 146 valence electrons. The van der Waals surface area contributed by atoms with Crippen molar-refractivity contribution < 1.29 is 18.7 Å². The second-order valence-corrected chi connectivity index (χ2v) is 6.78. The maximum Gasteiger partial charge on any atom is 0.278 e. The number of carbonyl (C=O) groups is 2. The fourth-order valence-corrected chi connectivity index (χ4v) is 2.99. The van der Waals surface area contributed by atoms with Crippen molar-refractivity contribution in [3.8, 4) is 0 Å². The Morgan fingerprint density at radius 3 is 2.32 bits per heavy atom. The van der Waals surface area contributed by atoms with Gasteiger partial charge < -0.3 is 10.1 Å². The summed E-state index contributed by atoms with van der Waals surface area (Å²) in [6.45, 7) is 4.61. The Balaban J connectivity index is 1.86. The van der Waals surface area contributed by atoms with Crippen molar-refractivity contribution in [2.24, 2.45) is 0 Å². The molecule has 1 N–H and O–H groups in total. The monoisotopic (exact) mass is 382 g/mol. The third-order valence-electron chi connectivity index (χ3n) is 4.32. The van der Waals surface area contributed by atoms with Gasteiger partial charge in [-0.05, 0) is 50.1 Å². The van der Waals surface area contributed by atoms with Gasteiger partial charge in [-0.15, -0.1) is 0 Å². The summed E-state index contributed by atoms with van der Waals surface area (Å²) in [4.78, 5) is 27.2. The van der Waals surface area contributed by atoms with Gasteiger partial charge in [0.25, 0.3) is 11.8 Å². The van der Waals surface area contributed by atoms with Crippen LogP contribution in [0.1, 0.15) is 25.8 Å². The summed E-state index contributed by atoms with van der Waals surface area (Å²) in [5.41, 5.74) is 1.72.